The van der Waals surface area contributed by atoms with E-state index in [9.17, 15) is 13.6 Å². The number of carbonyl (C=O) groups excluding carboxylic acids is 1. The second-order valence-electron chi connectivity index (χ2n) is 9.53. The Bertz CT molecular complexity index is 1030. The first-order chi connectivity index (χ1) is 16.5. The first-order valence-electron chi connectivity index (χ1n) is 11.6. The first-order valence-corrected chi connectivity index (χ1v) is 11.6. The van der Waals surface area contributed by atoms with E-state index in [1.807, 2.05) is 34.6 Å². The molecule has 35 heavy (non-hydrogen) atoms. The molecule has 2 aromatic rings. The summed E-state index contributed by atoms with van der Waals surface area (Å²) < 4.78 is 42.9. The highest BCUT2D eigenvalue weighted by atomic mass is 19.1. The summed E-state index contributed by atoms with van der Waals surface area (Å²) in [7, 11) is 0.570. The maximum absolute atomic E-state index is 12.8. The SMILES string of the molecule is COC(=O)c1cc(Nc2ncc(C)c(NC(CCF)CCF)n2)ccc1B1OC(C)(C)C(C)(C)O1. The van der Waals surface area contributed by atoms with Crippen molar-refractivity contribution in [2.45, 2.75) is 64.7 Å². The standard InChI is InChI=1S/C24H33BF2N4O4/c1-15-14-28-22(31-20(15)29-16(9-11-26)10-12-27)30-17-7-8-19(18(13-17)21(32)33-6)25-34-23(2,3)24(4,5)35-25/h7-8,13-14,16H,9-12H2,1-6H3,(H2,28,29,30,31). The van der Waals surface area contributed by atoms with E-state index in [2.05, 4.69) is 20.6 Å². The van der Waals surface area contributed by atoms with Crippen molar-refractivity contribution in [1.29, 1.82) is 0 Å². The number of aryl methyl sites for hydroxylation is 1. The molecule has 0 aliphatic carbocycles. The van der Waals surface area contributed by atoms with Crippen LogP contribution in [0.2, 0.25) is 0 Å². The van der Waals surface area contributed by atoms with Crippen LogP contribution in [0.4, 0.5) is 26.2 Å². The van der Waals surface area contributed by atoms with Gasteiger partial charge >= 0.3 is 13.1 Å². The fourth-order valence-electron chi connectivity index (χ4n) is 3.62. The van der Waals surface area contributed by atoms with E-state index >= 15 is 0 Å². The molecule has 1 aliphatic heterocycles. The quantitative estimate of drug-likeness (QED) is 0.380. The molecule has 0 saturated carbocycles. The van der Waals surface area contributed by atoms with Crippen LogP contribution in [0, 0.1) is 6.92 Å². The number of carbonyl (C=O) groups is 1. The molecule has 8 nitrogen and oxygen atoms in total. The minimum atomic E-state index is -0.738. The summed E-state index contributed by atoms with van der Waals surface area (Å²) in [5.74, 6) is 0.207. The largest absolute Gasteiger partial charge is 0.495 e. The molecule has 0 radical (unpaired) electrons. The molecule has 0 amide bonds. The van der Waals surface area contributed by atoms with Gasteiger partial charge in [0.2, 0.25) is 5.95 Å². The number of nitrogens with zero attached hydrogens (tertiary/aromatic N) is 2. The van der Waals surface area contributed by atoms with Crippen molar-refractivity contribution < 1.29 is 27.6 Å². The van der Waals surface area contributed by atoms with Crippen molar-refractivity contribution in [1.82, 2.24) is 9.97 Å². The Kier molecular flexibility index (Phi) is 8.32. The summed E-state index contributed by atoms with van der Waals surface area (Å²) in [6.07, 6.45) is 1.97. The average Bonchev–Trinajstić information content (AvgIpc) is 3.02. The number of hydrogen-bond donors (Lipinski definition) is 2. The number of ether oxygens (including phenoxy) is 1. The van der Waals surface area contributed by atoms with Crippen LogP contribution in [0.15, 0.2) is 24.4 Å². The van der Waals surface area contributed by atoms with E-state index in [-0.39, 0.29) is 30.4 Å². The Morgan fingerprint density at radius 2 is 1.77 bits per heavy atom. The van der Waals surface area contributed by atoms with Gasteiger partial charge in [-0.3, -0.25) is 8.78 Å². The zero-order valence-corrected chi connectivity index (χ0v) is 21.1. The van der Waals surface area contributed by atoms with E-state index in [1.54, 1.807) is 24.4 Å². The molecule has 1 aliphatic rings. The van der Waals surface area contributed by atoms with Crippen molar-refractivity contribution in [2.75, 3.05) is 31.1 Å². The van der Waals surface area contributed by atoms with Crippen LogP contribution >= 0.6 is 0 Å². The molecule has 11 heteroatoms. The smallest absolute Gasteiger partial charge is 0.465 e. The lowest BCUT2D eigenvalue weighted by Gasteiger charge is -2.32. The zero-order valence-electron chi connectivity index (χ0n) is 21.1. The summed E-state index contributed by atoms with van der Waals surface area (Å²) in [6, 6.07) is 4.75. The van der Waals surface area contributed by atoms with Crippen molar-refractivity contribution in [3.8, 4) is 0 Å². The molecule has 3 rings (SSSR count). The van der Waals surface area contributed by atoms with E-state index in [0.717, 1.165) is 5.56 Å². The second kappa shape index (κ2) is 10.9. The molecular weight excluding hydrogens is 457 g/mol. The number of nitrogens with one attached hydrogen (secondary N) is 2. The Morgan fingerprint density at radius 1 is 1.14 bits per heavy atom. The zero-order chi connectivity index (χ0) is 25.8. The number of halogens is 2. The van der Waals surface area contributed by atoms with Gasteiger partial charge in [-0.2, -0.15) is 4.98 Å². The molecule has 0 atom stereocenters. The van der Waals surface area contributed by atoms with Gasteiger partial charge in [-0.1, -0.05) is 6.07 Å². The number of benzene rings is 1. The van der Waals surface area contributed by atoms with E-state index in [4.69, 9.17) is 14.0 Å². The lowest BCUT2D eigenvalue weighted by molar-refractivity contribution is 0.00578. The van der Waals surface area contributed by atoms with Gasteiger partial charge in [0.05, 0.1) is 37.2 Å². The van der Waals surface area contributed by atoms with E-state index in [0.29, 0.717) is 17.0 Å². The maximum atomic E-state index is 12.8. The highest BCUT2D eigenvalue weighted by Gasteiger charge is 2.52. The van der Waals surface area contributed by atoms with Crippen molar-refractivity contribution in [3.05, 3.63) is 35.5 Å². The molecule has 0 bridgehead atoms. The molecule has 1 aromatic heterocycles. The molecule has 1 saturated heterocycles. The Balaban J connectivity index is 1.87. The highest BCUT2D eigenvalue weighted by molar-refractivity contribution is 6.63. The van der Waals surface area contributed by atoms with Gasteiger partial charge in [-0.25, -0.2) is 9.78 Å². The molecule has 1 fully saturated rings. The van der Waals surface area contributed by atoms with Crippen molar-refractivity contribution >= 4 is 36.0 Å². The summed E-state index contributed by atoms with van der Waals surface area (Å²) in [5.41, 5.74) is 0.988. The predicted octanol–water partition coefficient (Wildman–Crippen LogP) is 4.11. The Morgan fingerprint density at radius 3 is 2.34 bits per heavy atom. The fourth-order valence-corrected chi connectivity index (χ4v) is 3.62. The Labute approximate surface area is 205 Å². The predicted molar refractivity (Wildman–Crippen MR) is 132 cm³/mol. The van der Waals surface area contributed by atoms with Gasteiger partial charge < -0.3 is 24.7 Å². The van der Waals surface area contributed by atoms with Crippen LogP contribution in [0.1, 0.15) is 56.5 Å². The molecule has 190 valence electrons. The number of aromatic nitrogens is 2. The third-order valence-corrected chi connectivity index (χ3v) is 6.45. The van der Waals surface area contributed by atoms with Crippen LogP contribution in [0.25, 0.3) is 0 Å². The monoisotopic (exact) mass is 490 g/mol. The van der Waals surface area contributed by atoms with Gasteiger partial charge in [0.25, 0.3) is 0 Å². The summed E-state index contributed by atoms with van der Waals surface area (Å²) >= 11 is 0. The van der Waals surface area contributed by atoms with Crippen LogP contribution in [-0.2, 0) is 14.0 Å². The van der Waals surface area contributed by atoms with Crippen molar-refractivity contribution in [3.63, 3.8) is 0 Å². The number of methoxy groups -OCH3 is 1. The number of rotatable bonds is 10. The average molecular weight is 490 g/mol. The summed E-state index contributed by atoms with van der Waals surface area (Å²) in [6.45, 7) is 8.44. The molecule has 0 spiro atoms. The van der Waals surface area contributed by atoms with E-state index < -0.39 is 37.6 Å². The van der Waals surface area contributed by atoms with Crippen LogP contribution in [0.3, 0.4) is 0 Å². The molecule has 2 N–H and O–H groups in total. The molecule has 0 unspecified atom stereocenters. The second-order valence-corrected chi connectivity index (χ2v) is 9.53. The molecule has 2 heterocycles. The lowest BCUT2D eigenvalue weighted by atomic mass is 9.75. The number of esters is 1. The van der Waals surface area contributed by atoms with Crippen molar-refractivity contribution in [2.24, 2.45) is 0 Å². The van der Waals surface area contributed by atoms with Gasteiger partial charge in [0, 0.05) is 23.5 Å². The van der Waals surface area contributed by atoms with E-state index in [1.165, 1.54) is 7.11 Å². The minimum Gasteiger partial charge on any atom is -0.465 e. The van der Waals surface area contributed by atoms with Gasteiger partial charge in [0.15, 0.2) is 0 Å². The number of anilines is 3. The minimum absolute atomic E-state index is 0.180. The lowest BCUT2D eigenvalue weighted by Crippen LogP contribution is -2.41. The third kappa shape index (κ3) is 6.08. The van der Waals surface area contributed by atoms with Crippen LogP contribution in [-0.4, -0.2) is 60.8 Å². The third-order valence-electron chi connectivity index (χ3n) is 6.45. The molecular formula is C24H33BF2N4O4. The van der Waals surface area contributed by atoms with Crippen LogP contribution < -0.4 is 16.1 Å². The van der Waals surface area contributed by atoms with Gasteiger partial charge in [-0.15, -0.1) is 0 Å². The van der Waals surface area contributed by atoms with Gasteiger partial charge in [-0.05, 0) is 65.1 Å². The normalized spacial score (nSPS) is 16.4. The van der Waals surface area contributed by atoms with Crippen LogP contribution in [0.5, 0.6) is 0 Å². The summed E-state index contributed by atoms with van der Waals surface area (Å²) in [4.78, 5) is 21.3. The topological polar surface area (TPSA) is 94.6 Å². The Hall–Kier alpha value is -2.79. The maximum Gasteiger partial charge on any atom is 0.495 e. The summed E-state index contributed by atoms with van der Waals surface area (Å²) in [5, 5.41) is 6.18. The van der Waals surface area contributed by atoms with Gasteiger partial charge in [0.1, 0.15) is 5.82 Å². The number of hydrogen-bond acceptors (Lipinski definition) is 8. The fraction of sp³-hybridized carbons (Fsp3) is 0.542. The number of alkyl halides is 2. The molecule has 1 aromatic carbocycles. The highest BCUT2D eigenvalue weighted by Crippen LogP contribution is 2.37. The first kappa shape index (κ1) is 26.8.